The summed E-state index contributed by atoms with van der Waals surface area (Å²) in [5.41, 5.74) is 3.36. The van der Waals surface area contributed by atoms with Crippen molar-refractivity contribution in [2.24, 2.45) is 0 Å². The standard InChI is InChI=1S/C18H17Cl2N3/c1-13(22-11-15-2-5-16(19)10-18(15)20)14-3-6-17(7-4-14)23-9-8-21-12-23/h2-10,12-13,22H,11H2,1H3. The van der Waals surface area contributed by atoms with Crippen LogP contribution in [0.25, 0.3) is 5.69 Å². The maximum atomic E-state index is 6.20. The average Bonchev–Trinajstić information content (AvgIpc) is 3.08. The van der Waals surface area contributed by atoms with Crippen LogP contribution in [0.2, 0.25) is 10.0 Å². The fourth-order valence-corrected chi connectivity index (χ4v) is 2.87. The molecule has 0 radical (unpaired) electrons. The van der Waals surface area contributed by atoms with Crippen molar-refractivity contribution in [2.45, 2.75) is 19.5 Å². The Labute approximate surface area is 145 Å². The van der Waals surface area contributed by atoms with Crippen LogP contribution in [0.3, 0.4) is 0 Å². The lowest BCUT2D eigenvalue weighted by Crippen LogP contribution is -2.18. The highest BCUT2D eigenvalue weighted by Gasteiger charge is 2.07. The molecule has 0 aliphatic carbocycles. The van der Waals surface area contributed by atoms with Gasteiger partial charge in [-0.1, -0.05) is 41.4 Å². The second-order valence-electron chi connectivity index (χ2n) is 5.40. The van der Waals surface area contributed by atoms with E-state index in [0.717, 1.165) is 11.3 Å². The van der Waals surface area contributed by atoms with E-state index in [1.807, 2.05) is 22.9 Å². The van der Waals surface area contributed by atoms with Crippen LogP contribution in [0.4, 0.5) is 0 Å². The lowest BCUT2D eigenvalue weighted by Gasteiger charge is -2.16. The molecule has 3 aromatic rings. The molecule has 0 aliphatic rings. The zero-order valence-electron chi connectivity index (χ0n) is 12.7. The summed E-state index contributed by atoms with van der Waals surface area (Å²) < 4.78 is 1.98. The van der Waals surface area contributed by atoms with Gasteiger partial charge in [-0.05, 0) is 42.3 Å². The SMILES string of the molecule is CC(NCc1ccc(Cl)cc1Cl)c1ccc(-n2ccnc2)cc1. The van der Waals surface area contributed by atoms with Gasteiger partial charge in [0.2, 0.25) is 0 Å². The minimum absolute atomic E-state index is 0.221. The molecular formula is C18H17Cl2N3. The quantitative estimate of drug-likeness (QED) is 0.702. The summed E-state index contributed by atoms with van der Waals surface area (Å²) in [7, 11) is 0. The van der Waals surface area contributed by atoms with Gasteiger partial charge in [0.1, 0.15) is 0 Å². The molecule has 0 spiro atoms. The molecule has 0 fully saturated rings. The molecule has 2 aromatic carbocycles. The van der Waals surface area contributed by atoms with Crippen molar-refractivity contribution in [3.8, 4) is 5.69 Å². The van der Waals surface area contributed by atoms with Crippen molar-refractivity contribution in [2.75, 3.05) is 0 Å². The van der Waals surface area contributed by atoms with Gasteiger partial charge >= 0.3 is 0 Å². The second-order valence-corrected chi connectivity index (χ2v) is 6.24. The van der Waals surface area contributed by atoms with Gasteiger partial charge in [0, 0.05) is 40.7 Å². The summed E-state index contributed by atoms with van der Waals surface area (Å²) in [5.74, 6) is 0. The molecule has 0 amide bonds. The number of hydrogen-bond acceptors (Lipinski definition) is 2. The number of rotatable bonds is 5. The van der Waals surface area contributed by atoms with Gasteiger partial charge in [-0.2, -0.15) is 0 Å². The first-order chi connectivity index (χ1) is 11.1. The highest BCUT2D eigenvalue weighted by molar-refractivity contribution is 6.35. The summed E-state index contributed by atoms with van der Waals surface area (Å²) in [5, 5.41) is 4.83. The van der Waals surface area contributed by atoms with E-state index >= 15 is 0 Å². The molecule has 3 rings (SSSR count). The Morgan fingerprint density at radius 3 is 2.57 bits per heavy atom. The van der Waals surface area contributed by atoms with Gasteiger partial charge in [0.25, 0.3) is 0 Å². The van der Waals surface area contributed by atoms with E-state index in [9.17, 15) is 0 Å². The van der Waals surface area contributed by atoms with E-state index in [1.165, 1.54) is 5.56 Å². The van der Waals surface area contributed by atoms with Crippen LogP contribution in [0.5, 0.6) is 0 Å². The van der Waals surface area contributed by atoms with Crippen molar-refractivity contribution in [1.29, 1.82) is 0 Å². The fraction of sp³-hybridized carbons (Fsp3) is 0.167. The molecular weight excluding hydrogens is 329 g/mol. The number of imidazole rings is 1. The monoisotopic (exact) mass is 345 g/mol. The predicted octanol–water partition coefficient (Wildman–Crippen LogP) is 5.03. The lowest BCUT2D eigenvalue weighted by atomic mass is 10.1. The molecule has 1 unspecified atom stereocenters. The van der Waals surface area contributed by atoms with Gasteiger partial charge in [-0.15, -0.1) is 0 Å². The summed E-state index contributed by atoms with van der Waals surface area (Å²) >= 11 is 12.1. The summed E-state index contributed by atoms with van der Waals surface area (Å²) in [4.78, 5) is 4.06. The molecule has 3 nitrogen and oxygen atoms in total. The minimum Gasteiger partial charge on any atom is -0.306 e. The minimum atomic E-state index is 0.221. The lowest BCUT2D eigenvalue weighted by molar-refractivity contribution is 0.575. The number of nitrogens with zero attached hydrogens (tertiary/aromatic N) is 2. The first kappa shape index (κ1) is 16.1. The highest BCUT2D eigenvalue weighted by atomic mass is 35.5. The molecule has 1 heterocycles. The molecule has 1 aromatic heterocycles. The van der Waals surface area contributed by atoms with E-state index in [4.69, 9.17) is 23.2 Å². The normalized spacial score (nSPS) is 12.3. The van der Waals surface area contributed by atoms with Crippen molar-refractivity contribution in [3.05, 3.63) is 82.4 Å². The first-order valence-corrected chi connectivity index (χ1v) is 8.14. The summed E-state index contributed by atoms with van der Waals surface area (Å²) in [6.45, 7) is 2.83. The van der Waals surface area contributed by atoms with Crippen LogP contribution in [0, 0.1) is 0 Å². The predicted molar refractivity (Wildman–Crippen MR) is 95.3 cm³/mol. The maximum Gasteiger partial charge on any atom is 0.0991 e. The third-order valence-electron chi connectivity index (χ3n) is 3.81. The van der Waals surface area contributed by atoms with E-state index < -0.39 is 0 Å². The van der Waals surface area contributed by atoms with E-state index in [-0.39, 0.29) is 6.04 Å². The highest BCUT2D eigenvalue weighted by Crippen LogP contribution is 2.22. The van der Waals surface area contributed by atoms with Crippen LogP contribution >= 0.6 is 23.2 Å². The van der Waals surface area contributed by atoms with Crippen LogP contribution in [0.1, 0.15) is 24.1 Å². The van der Waals surface area contributed by atoms with Gasteiger partial charge < -0.3 is 9.88 Å². The van der Waals surface area contributed by atoms with Crippen LogP contribution in [0.15, 0.2) is 61.2 Å². The Morgan fingerprint density at radius 2 is 1.91 bits per heavy atom. The number of benzene rings is 2. The van der Waals surface area contributed by atoms with Crippen LogP contribution < -0.4 is 5.32 Å². The Bertz CT molecular complexity index is 767. The van der Waals surface area contributed by atoms with Crippen LogP contribution in [-0.2, 0) is 6.54 Å². The van der Waals surface area contributed by atoms with Gasteiger partial charge in [0.05, 0.1) is 6.33 Å². The molecule has 0 saturated carbocycles. The van der Waals surface area contributed by atoms with E-state index in [1.54, 1.807) is 18.6 Å². The Balaban J connectivity index is 1.65. The number of hydrogen-bond donors (Lipinski definition) is 1. The molecule has 23 heavy (non-hydrogen) atoms. The van der Waals surface area contributed by atoms with Crippen molar-refractivity contribution in [3.63, 3.8) is 0 Å². The molecule has 118 valence electrons. The van der Waals surface area contributed by atoms with Gasteiger partial charge in [0.15, 0.2) is 0 Å². The molecule has 1 atom stereocenters. The Kier molecular flexibility index (Phi) is 5.01. The number of nitrogens with one attached hydrogen (secondary N) is 1. The topological polar surface area (TPSA) is 29.9 Å². The molecule has 0 aliphatic heterocycles. The third-order valence-corrected chi connectivity index (χ3v) is 4.40. The second kappa shape index (κ2) is 7.18. The van der Waals surface area contributed by atoms with E-state index in [0.29, 0.717) is 16.6 Å². The van der Waals surface area contributed by atoms with Crippen LogP contribution in [-0.4, -0.2) is 9.55 Å². The molecule has 1 N–H and O–H groups in total. The zero-order chi connectivity index (χ0) is 16.2. The Hall–Kier alpha value is -1.81. The molecule has 0 bridgehead atoms. The number of aromatic nitrogens is 2. The average molecular weight is 346 g/mol. The third kappa shape index (κ3) is 3.94. The summed E-state index contributed by atoms with van der Waals surface area (Å²) in [6, 6.07) is 14.2. The summed E-state index contributed by atoms with van der Waals surface area (Å²) in [6.07, 6.45) is 5.49. The molecule has 0 saturated heterocycles. The smallest absolute Gasteiger partial charge is 0.0991 e. The van der Waals surface area contributed by atoms with Gasteiger partial charge in [-0.25, -0.2) is 4.98 Å². The largest absolute Gasteiger partial charge is 0.306 e. The number of halogens is 2. The van der Waals surface area contributed by atoms with Gasteiger partial charge in [-0.3, -0.25) is 0 Å². The van der Waals surface area contributed by atoms with E-state index in [2.05, 4.69) is 41.5 Å². The fourth-order valence-electron chi connectivity index (χ4n) is 2.39. The van der Waals surface area contributed by atoms with Crippen molar-refractivity contribution < 1.29 is 0 Å². The zero-order valence-corrected chi connectivity index (χ0v) is 14.2. The Morgan fingerprint density at radius 1 is 1.13 bits per heavy atom. The molecule has 5 heteroatoms. The van der Waals surface area contributed by atoms with Crippen molar-refractivity contribution in [1.82, 2.24) is 14.9 Å². The van der Waals surface area contributed by atoms with Crippen molar-refractivity contribution >= 4 is 23.2 Å². The first-order valence-electron chi connectivity index (χ1n) is 7.39. The maximum absolute atomic E-state index is 6.20.